The molecule has 19 heavy (non-hydrogen) atoms. The first-order valence-electron chi connectivity index (χ1n) is 6.25. The summed E-state index contributed by atoms with van der Waals surface area (Å²) in [6, 6.07) is 3.86. The second-order valence-electron chi connectivity index (χ2n) is 4.37. The predicted octanol–water partition coefficient (Wildman–Crippen LogP) is 3.86. The summed E-state index contributed by atoms with van der Waals surface area (Å²) in [7, 11) is 0. The predicted molar refractivity (Wildman–Crippen MR) is 77.6 cm³/mol. The van der Waals surface area contributed by atoms with Crippen LogP contribution in [0.1, 0.15) is 36.4 Å². The van der Waals surface area contributed by atoms with Gasteiger partial charge in [0.2, 0.25) is 0 Å². The van der Waals surface area contributed by atoms with Crippen molar-refractivity contribution in [2.45, 2.75) is 26.7 Å². The number of carbonyl (C=O) groups is 1. The molecule has 2 heterocycles. The number of thiophene rings is 1. The number of hydrogen-bond acceptors (Lipinski definition) is 6. The molecule has 2 aromatic heterocycles. The molecule has 0 aliphatic carbocycles. The van der Waals surface area contributed by atoms with E-state index in [9.17, 15) is 4.79 Å². The van der Waals surface area contributed by atoms with Gasteiger partial charge in [0.25, 0.3) is 0 Å². The van der Waals surface area contributed by atoms with Gasteiger partial charge in [0.1, 0.15) is 5.69 Å². The lowest BCUT2D eigenvalue weighted by Crippen LogP contribution is -2.08. The van der Waals surface area contributed by atoms with Crippen LogP contribution in [0.25, 0.3) is 10.6 Å². The summed E-state index contributed by atoms with van der Waals surface area (Å²) in [5, 5.41) is 5.97. The van der Waals surface area contributed by atoms with Crippen molar-refractivity contribution in [1.29, 1.82) is 0 Å². The molecule has 4 nitrogen and oxygen atoms in total. The summed E-state index contributed by atoms with van der Waals surface area (Å²) >= 11 is 2.63. The fourth-order valence-electron chi connectivity index (χ4n) is 1.52. The fraction of sp³-hybridized carbons (Fsp3) is 0.462. The van der Waals surface area contributed by atoms with Gasteiger partial charge in [-0.25, -0.2) is 4.79 Å². The Balaban J connectivity index is 1.99. The third-order valence-corrected chi connectivity index (χ3v) is 4.55. The summed E-state index contributed by atoms with van der Waals surface area (Å²) in [4.78, 5) is 13.4. The van der Waals surface area contributed by atoms with Crippen LogP contribution in [0.5, 0.6) is 0 Å². The zero-order valence-electron chi connectivity index (χ0n) is 11.0. The average Bonchev–Trinajstić information content (AvgIpc) is 3.08. The smallest absolute Gasteiger partial charge is 0.352 e. The van der Waals surface area contributed by atoms with Crippen LogP contribution in [-0.2, 0) is 4.74 Å². The van der Waals surface area contributed by atoms with Gasteiger partial charge in [-0.1, -0.05) is 30.8 Å². The maximum atomic E-state index is 12.0. The molecular weight excluding hydrogens is 280 g/mol. The Bertz CT molecular complexity index is 522. The van der Waals surface area contributed by atoms with E-state index < -0.39 is 0 Å². The molecule has 0 aliphatic rings. The minimum atomic E-state index is -0.318. The Morgan fingerprint density at radius 1 is 1.53 bits per heavy atom. The van der Waals surface area contributed by atoms with Gasteiger partial charge in [-0.2, -0.15) is 0 Å². The van der Waals surface area contributed by atoms with E-state index in [4.69, 9.17) is 4.74 Å². The highest BCUT2D eigenvalue weighted by Crippen LogP contribution is 2.28. The first kappa shape index (κ1) is 14.1. The average molecular weight is 296 g/mol. The molecule has 0 saturated heterocycles. The Morgan fingerprint density at radius 3 is 3.05 bits per heavy atom. The number of esters is 1. The highest BCUT2D eigenvalue weighted by atomic mass is 32.1. The van der Waals surface area contributed by atoms with E-state index in [2.05, 4.69) is 23.4 Å². The van der Waals surface area contributed by atoms with Crippen LogP contribution in [0.4, 0.5) is 0 Å². The minimum absolute atomic E-state index is 0.318. The number of aromatic nitrogens is 2. The standard InChI is InChI=1S/C13H16N2O2S2/c1-3-9(2)6-7-17-13(16)12-11(14-15-19-12)10-5-4-8-18-10/h4-5,8-9H,3,6-7H2,1-2H3/t9-/m1/s1. The topological polar surface area (TPSA) is 52.1 Å². The molecule has 2 rings (SSSR count). The molecule has 1 atom stereocenters. The Labute approximate surface area is 120 Å². The minimum Gasteiger partial charge on any atom is -0.461 e. The van der Waals surface area contributed by atoms with Gasteiger partial charge in [-0.05, 0) is 35.3 Å². The van der Waals surface area contributed by atoms with Crippen molar-refractivity contribution in [3.05, 3.63) is 22.4 Å². The second-order valence-corrected chi connectivity index (χ2v) is 6.07. The van der Waals surface area contributed by atoms with E-state index in [1.165, 1.54) is 0 Å². The van der Waals surface area contributed by atoms with Gasteiger partial charge in [0, 0.05) is 0 Å². The maximum absolute atomic E-state index is 12.0. The highest BCUT2D eigenvalue weighted by molar-refractivity contribution is 7.14. The number of nitrogens with zero attached hydrogens (tertiary/aromatic N) is 2. The van der Waals surface area contributed by atoms with Crippen LogP contribution >= 0.6 is 22.9 Å². The first-order chi connectivity index (χ1) is 9.22. The molecule has 0 bridgehead atoms. The zero-order chi connectivity index (χ0) is 13.7. The molecule has 2 aromatic rings. The quantitative estimate of drug-likeness (QED) is 0.760. The molecular formula is C13H16N2O2S2. The number of rotatable bonds is 6. The zero-order valence-corrected chi connectivity index (χ0v) is 12.6. The third kappa shape index (κ3) is 3.61. The van der Waals surface area contributed by atoms with Gasteiger partial charge >= 0.3 is 5.97 Å². The van der Waals surface area contributed by atoms with Gasteiger partial charge in [-0.15, -0.1) is 16.4 Å². The van der Waals surface area contributed by atoms with Crippen LogP contribution < -0.4 is 0 Å². The largest absolute Gasteiger partial charge is 0.461 e. The van der Waals surface area contributed by atoms with Crippen molar-refractivity contribution in [2.24, 2.45) is 5.92 Å². The van der Waals surface area contributed by atoms with Crippen molar-refractivity contribution in [3.63, 3.8) is 0 Å². The molecule has 0 radical (unpaired) electrons. The highest BCUT2D eigenvalue weighted by Gasteiger charge is 2.19. The van der Waals surface area contributed by atoms with E-state index >= 15 is 0 Å². The number of hydrogen-bond donors (Lipinski definition) is 0. The molecule has 0 N–H and O–H groups in total. The summed E-state index contributed by atoms with van der Waals surface area (Å²) in [6.45, 7) is 4.74. The van der Waals surface area contributed by atoms with E-state index in [-0.39, 0.29) is 5.97 Å². The lowest BCUT2D eigenvalue weighted by atomic mass is 10.1. The summed E-state index contributed by atoms with van der Waals surface area (Å²) in [5.74, 6) is 0.255. The lowest BCUT2D eigenvalue weighted by molar-refractivity contribution is 0.0491. The van der Waals surface area contributed by atoms with Crippen molar-refractivity contribution in [1.82, 2.24) is 9.59 Å². The van der Waals surface area contributed by atoms with Crippen LogP contribution in [-0.4, -0.2) is 22.2 Å². The molecule has 0 aromatic carbocycles. The van der Waals surface area contributed by atoms with Crippen LogP contribution in [0.3, 0.4) is 0 Å². The van der Waals surface area contributed by atoms with Gasteiger partial charge < -0.3 is 4.74 Å². The van der Waals surface area contributed by atoms with E-state index in [1.807, 2.05) is 17.5 Å². The van der Waals surface area contributed by atoms with Crippen molar-refractivity contribution in [2.75, 3.05) is 6.61 Å². The van der Waals surface area contributed by atoms with E-state index in [0.717, 1.165) is 29.3 Å². The Hall–Kier alpha value is -1.27. The first-order valence-corrected chi connectivity index (χ1v) is 7.91. The summed E-state index contributed by atoms with van der Waals surface area (Å²) < 4.78 is 9.15. The molecule has 0 aliphatic heterocycles. The van der Waals surface area contributed by atoms with Crippen LogP contribution in [0.15, 0.2) is 17.5 Å². The number of carbonyl (C=O) groups excluding carboxylic acids is 1. The summed E-state index contributed by atoms with van der Waals surface area (Å²) in [5.41, 5.74) is 0.633. The summed E-state index contributed by atoms with van der Waals surface area (Å²) in [6.07, 6.45) is 1.99. The molecule has 0 fully saturated rings. The van der Waals surface area contributed by atoms with E-state index in [1.54, 1.807) is 11.3 Å². The SMILES string of the molecule is CC[C@@H](C)CCOC(=O)c1snnc1-c1cccs1. The Morgan fingerprint density at radius 2 is 2.37 bits per heavy atom. The normalized spacial score (nSPS) is 12.3. The van der Waals surface area contributed by atoms with Gasteiger partial charge in [0.15, 0.2) is 4.88 Å². The molecule has 6 heteroatoms. The third-order valence-electron chi connectivity index (χ3n) is 2.97. The molecule has 102 valence electrons. The lowest BCUT2D eigenvalue weighted by Gasteiger charge is -2.08. The monoisotopic (exact) mass is 296 g/mol. The van der Waals surface area contributed by atoms with E-state index in [0.29, 0.717) is 23.1 Å². The molecule has 0 amide bonds. The van der Waals surface area contributed by atoms with Gasteiger partial charge in [0.05, 0.1) is 11.5 Å². The van der Waals surface area contributed by atoms with Crippen LogP contribution in [0.2, 0.25) is 0 Å². The second kappa shape index (κ2) is 6.77. The number of ether oxygens (including phenoxy) is 1. The van der Waals surface area contributed by atoms with Crippen molar-refractivity contribution >= 4 is 28.8 Å². The van der Waals surface area contributed by atoms with Crippen molar-refractivity contribution < 1.29 is 9.53 Å². The molecule has 0 unspecified atom stereocenters. The molecule has 0 saturated carbocycles. The van der Waals surface area contributed by atoms with Gasteiger partial charge in [-0.3, -0.25) is 0 Å². The van der Waals surface area contributed by atoms with Crippen molar-refractivity contribution in [3.8, 4) is 10.6 Å². The fourth-order valence-corrected chi connectivity index (χ4v) is 2.88. The molecule has 0 spiro atoms. The Kier molecular flexibility index (Phi) is 5.04. The van der Waals surface area contributed by atoms with Crippen LogP contribution in [0, 0.1) is 5.92 Å². The maximum Gasteiger partial charge on any atom is 0.352 e.